The first-order chi connectivity index (χ1) is 15.6. The van der Waals surface area contributed by atoms with Crippen LogP contribution in [-0.4, -0.2) is 35.3 Å². The fraction of sp³-hybridized carbons (Fsp3) is 0.500. The average Bonchev–Trinajstić information content (AvgIpc) is 2.80. The Balaban J connectivity index is 0. The number of amides is 1. The zero-order valence-electron chi connectivity index (χ0n) is 20.1. The molecule has 1 aliphatic carbocycles. The molecular weight excluding hydrogens is 457 g/mol. The van der Waals surface area contributed by atoms with Crippen LogP contribution in [0.4, 0.5) is 4.39 Å². The quantitative estimate of drug-likeness (QED) is 0.478. The van der Waals surface area contributed by atoms with E-state index in [9.17, 15) is 17.6 Å². The SMILES string of the molecule is C.CC1CCCCC1.COc1ccc(S(C)(=O)=O)cc1OC.C[C@@H](NC=O)c1ccc(F)cc1.[HH]. The Kier molecular flexibility index (Phi) is 14.9. The number of benzene rings is 2. The Bertz CT molecular complexity index is 949. The maximum absolute atomic E-state index is 12.4. The first-order valence-corrected chi connectivity index (χ1v) is 12.9. The van der Waals surface area contributed by atoms with Crippen LogP contribution in [-0.2, 0) is 14.6 Å². The van der Waals surface area contributed by atoms with E-state index in [0.717, 1.165) is 17.7 Å². The molecule has 0 unspecified atom stereocenters. The molecular formula is C26H42FNO5S. The van der Waals surface area contributed by atoms with Crippen LogP contribution in [0.2, 0.25) is 0 Å². The molecule has 0 heterocycles. The van der Waals surface area contributed by atoms with Crippen molar-refractivity contribution >= 4 is 16.2 Å². The van der Waals surface area contributed by atoms with E-state index < -0.39 is 9.84 Å². The van der Waals surface area contributed by atoms with Crippen LogP contribution in [0.5, 0.6) is 11.5 Å². The number of methoxy groups -OCH3 is 2. The minimum absolute atomic E-state index is 0. The molecule has 0 radical (unpaired) electrons. The summed E-state index contributed by atoms with van der Waals surface area (Å²) in [5, 5.41) is 2.58. The fourth-order valence-electron chi connectivity index (χ4n) is 3.30. The van der Waals surface area contributed by atoms with Crippen molar-refractivity contribution in [3.8, 4) is 11.5 Å². The maximum Gasteiger partial charge on any atom is 0.207 e. The molecule has 8 heteroatoms. The van der Waals surface area contributed by atoms with Gasteiger partial charge in [0, 0.05) is 13.7 Å². The van der Waals surface area contributed by atoms with Gasteiger partial charge in [0.1, 0.15) is 5.82 Å². The van der Waals surface area contributed by atoms with Gasteiger partial charge in [0.05, 0.1) is 25.2 Å². The van der Waals surface area contributed by atoms with E-state index in [0.29, 0.717) is 17.9 Å². The first kappa shape index (κ1) is 31.4. The third-order valence-corrected chi connectivity index (χ3v) is 6.48. The van der Waals surface area contributed by atoms with Crippen molar-refractivity contribution in [3.05, 3.63) is 53.8 Å². The number of ether oxygens (including phenoxy) is 2. The van der Waals surface area contributed by atoms with Gasteiger partial charge in [0.2, 0.25) is 6.41 Å². The summed E-state index contributed by atoms with van der Waals surface area (Å²) in [7, 11) is -0.236. The summed E-state index contributed by atoms with van der Waals surface area (Å²) in [6.07, 6.45) is 9.22. The molecule has 1 fully saturated rings. The summed E-state index contributed by atoms with van der Waals surface area (Å²) >= 11 is 0. The van der Waals surface area contributed by atoms with Crippen LogP contribution in [0.1, 0.15) is 66.4 Å². The second-order valence-corrected chi connectivity index (χ2v) is 10.1. The normalized spacial score (nSPS) is 14.1. The predicted octanol–water partition coefficient (Wildman–Crippen LogP) is 6.21. The van der Waals surface area contributed by atoms with Crippen LogP contribution in [0.3, 0.4) is 0 Å². The molecule has 1 atom stereocenters. The monoisotopic (exact) mass is 499 g/mol. The van der Waals surface area contributed by atoms with Gasteiger partial charge in [-0.2, -0.15) is 0 Å². The Morgan fingerprint density at radius 1 is 1.03 bits per heavy atom. The number of sulfone groups is 1. The van der Waals surface area contributed by atoms with Gasteiger partial charge in [0.25, 0.3) is 0 Å². The first-order valence-electron chi connectivity index (χ1n) is 11.0. The van der Waals surface area contributed by atoms with E-state index in [4.69, 9.17) is 9.47 Å². The Morgan fingerprint density at radius 3 is 2.00 bits per heavy atom. The fourth-order valence-corrected chi connectivity index (χ4v) is 3.94. The van der Waals surface area contributed by atoms with E-state index in [2.05, 4.69) is 12.2 Å². The van der Waals surface area contributed by atoms with E-state index in [1.807, 2.05) is 6.92 Å². The third-order valence-electron chi connectivity index (χ3n) is 5.37. The summed E-state index contributed by atoms with van der Waals surface area (Å²) < 4.78 is 44.8. The Labute approximate surface area is 206 Å². The summed E-state index contributed by atoms with van der Waals surface area (Å²) in [6.45, 7) is 4.20. The molecule has 1 saturated carbocycles. The Morgan fingerprint density at radius 2 is 1.59 bits per heavy atom. The predicted molar refractivity (Wildman–Crippen MR) is 138 cm³/mol. The standard InChI is InChI=1S/C9H10FNO.C9H12O4S.C7H14.CH4.H2/c1-7(11-6-12)8-2-4-9(10)5-3-8;1-12-8-5-4-7(14(3,10)11)6-9(8)13-2;1-7-5-3-2-4-6-7;;/h2-7H,1H3,(H,11,12);4-6H,1-3H3;7H,2-6H2,1H3;1H4;1H/t7-;;;;/m1..../s1. The van der Waals surface area contributed by atoms with Crippen LogP contribution >= 0.6 is 0 Å². The highest BCUT2D eigenvalue weighted by atomic mass is 32.2. The van der Waals surface area contributed by atoms with Crippen molar-refractivity contribution in [2.75, 3.05) is 20.5 Å². The van der Waals surface area contributed by atoms with Gasteiger partial charge < -0.3 is 14.8 Å². The molecule has 2 aromatic carbocycles. The summed E-state index contributed by atoms with van der Waals surface area (Å²) in [5.41, 5.74) is 0.892. The minimum Gasteiger partial charge on any atom is -0.493 e. The molecule has 1 amide bonds. The number of halogens is 1. The topological polar surface area (TPSA) is 81.7 Å². The van der Waals surface area contributed by atoms with Gasteiger partial charge >= 0.3 is 0 Å². The lowest BCUT2D eigenvalue weighted by Crippen LogP contribution is -2.15. The van der Waals surface area contributed by atoms with Gasteiger partial charge in [-0.15, -0.1) is 0 Å². The largest absolute Gasteiger partial charge is 0.493 e. The molecule has 0 bridgehead atoms. The average molecular weight is 500 g/mol. The van der Waals surface area contributed by atoms with Gasteiger partial charge in [-0.3, -0.25) is 4.79 Å². The molecule has 34 heavy (non-hydrogen) atoms. The molecule has 0 spiro atoms. The van der Waals surface area contributed by atoms with Crippen molar-refractivity contribution in [1.29, 1.82) is 0 Å². The van der Waals surface area contributed by atoms with Crippen molar-refractivity contribution < 1.29 is 28.5 Å². The maximum atomic E-state index is 12.4. The highest BCUT2D eigenvalue weighted by molar-refractivity contribution is 7.90. The molecule has 0 aliphatic heterocycles. The number of nitrogens with one attached hydrogen (secondary N) is 1. The summed E-state index contributed by atoms with van der Waals surface area (Å²) in [5.74, 6) is 1.70. The summed E-state index contributed by atoms with van der Waals surface area (Å²) in [6, 6.07) is 10.5. The molecule has 194 valence electrons. The van der Waals surface area contributed by atoms with E-state index in [1.165, 1.54) is 70.6 Å². The van der Waals surface area contributed by atoms with Crippen LogP contribution in [0.25, 0.3) is 0 Å². The molecule has 2 aromatic rings. The van der Waals surface area contributed by atoms with Crippen LogP contribution < -0.4 is 14.8 Å². The van der Waals surface area contributed by atoms with E-state index in [1.54, 1.807) is 18.2 Å². The third kappa shape index (κ3) is 11.5. The second-order valence-electron chi connectivity index (χ2n) is 8.09. The zero-order valence-corrected chi connectivity index (χ0v) is 21.0. The van der Waals surface area contributed by atoms with E-state index in [-0.39, 0.29) is 25.6 Å². The molecule has 0 saturated heterocycles. The number of hydrogen-bond acceptors (Lipinski definition) is 5. The summed E-state index contributed by atoms with van der Waals surface area (Å²) in [4.78, 5) is 10.3. The molecule has 1 aliphatic rings. The highest BCUT2D eigenvalue weighted by Crippen LogP contribution is 2.29. The lowest BCUT2D eigenvalue weighted by molar-refractivity contribution is -0.110. The van der Waals surface area contributed by atoms with Crippen molar-refractivity contribution in [2.45, 2.75) is 64.3 Å². The Hall–Kier alpha value is -2.61. The van der Waals surface area contributed by atoms with Gasteiger partial charge in [0.15, 0.2) is 21.3 Å². The molecule has 3 rings (SSSR count). The second kappa shape index (κ2) is 16.1. The van der Waals surface area contributed by atoms with Crippen LogP contribution in [0.15, 0.2) is 47.4 Å². The number of hydrogen-bond donors (Lipinski definition) is 1. The molecule has 6 nitrogen and oxygen atoms in total. The zero-order chi connectivity index (χ0) is 24.9. The lowest BCUT2D eigenvalue weighted by Gasteiger charge is -2.15. The van der Waals surface area contributed by atoms with Gasteiger partial charge in [-0.25, -0.2) is 12.8 Å². The van der Waals surface area contributed by atoms with Crippen molar-refractivity contribution in [1.82, 2.24) is 5.32 Å². The number of carbonyl (C=O) groups is 1. The minimum atomic E-state index is -3.20. The molecule has 0 aromatic heterocycles. The van der Waals surface area contributed by atoms with Crippen LogP contribution in [0, 0.1) is 11.7 Å². The highest BCUT2D eigenvalue weighted by Gasteiger charge is 2.11. The number of rotatable bonds is 6. The van der Waals surface area contributed by atoms with Crippen molar-refractivity contribution in [3.63, 3.8) is 0 Å². The van der Waals surface area contributed by atoms with E-state index >= 15 is 0 Å². The van der Waals surface area contributed by atoms with Gasteiger partial charge in [-0.05, 0) is 42.7 Å². The smallest absolute Gasteiger partial charge is 0.207 e. The molecule has 1 N–H and O–H groups in total. The van der Waals surface area contributed by atoms with Crippen molar-refractivity contribution in [2.24, 2.45) is 5.92 Å². The number of carbonyl (C=O) groups excluding carboxylic acids is 1. The van der Waals surface area contributed by atoms with Gasteiger partial charge in [-0.1, -0.05) is 58.6 Å². The lowest BCUT2D eigenvalue weighted by atomic mass is 9.91.